The van der Waals surface area contributed by atoms with Gasteiger partial charge in [0.25, 0.3) is 0 Å². The molecule has 0 aromatic heterocycles. The molecule has 1 N–H and O–H groups in total. The lowest BCUT2D eigenvalue weighted by Crippen LogP contribution is -2.41. The smallest absolute Gasteiger partial charge is 0.141 e. The second-order valence-corrected chi connectivity index (χ2v) is 4.11. The van der Waals surface area contributed by atoms with E-state index in [1.807, 2.05) is 6.92 Å². The maximum absolute atomic E-state index is 13.0. The summed E-state index contributed by atoms with van der Waals surface area (Å²) in [6.45, 7) is 3.57. The van der Waals surface area contributed by atoms with Crippen LogP contribution in [-0.4, -0.2) is 19.2 Å². The fourth-order valence-corrected chi connectivity index (χ4v) is 1.99. The largest absolute Gasteiger partial charge is 0.371 e. The molecule has 0 radical (unpaired) electrons. The van der Waals surface area contributed by atoms with Gasteiger partial charge in [0, 0.05) is 12.6 Å². The van der Waals surface area contributed by atoms with Crippen molar-refractivity contribution in [2.45, 2.75) is 19.1 Å². The molecule has 0 amide bonds. The third-order valence-electron chi connectivity index (χ3n) is 2.59. The fraction of sp³-hybridized carbons (Fsp3) is 0.455. The number of hydrogen-bond donors (Lipinski definition) is 1. The van der Waals surface area contributed by atoms with Gasteiger partial charge in [-0.15, -0.1) is 12.4 Å². The summed E-state index contributed by atoms with van der Waals surface area (Å²) in [4.78, 5) is 0. The molecule has 1 fully saturated rings. The lowest BCUT2D eigenvalue weighted by atomic mass is 10.0. The molecule has 1 aliphatic rings. The highest BCUT2D eigenvalue weighted by atomic mass is 35.5. The van der Waals surface area contributed by atoms with Crippen molar-refractivity contribution in [1.29, 1.82) is 0 Å². The molecule has 16 heavy (non-hydrogen) atoms. The van der Waals surface area contributed by atoms with E-state index in [4.69, 9.17) is 16.3 Å². The highest BCUT2D eigenvalue weighted by Crippen LogP contribution is 2.27. The van der Waals surface area contributed by atoms with Crippen molar-refractivity contribution in [3.8, 4) is 0 Å². The monoisotopic (exact) mass is 265 g/mol. The zero-order chi connectivity index (χ0) is 10.8. The van der Waals surface area contributed by atoms with Crippen LogP contribution < -0.4 is 5.32 Å². The number of morpholine rings is 1. The van der Waals surface area contributed by atoms with E-state index < -0.39 is 5.82 Å². The summed E-state index contributed by atoms with van der Waals surface area (Å²) in [5.74, 6) is -0.392. The molecule has 0 bridgehead atoms. The Kier molecular flexibility index (Phi) is 4.99. The Balaban J connectivity index is 0.00000128. The molecule has 2 rings (SSSR count). The van der Waals surface area contributed by atoms with Crippen molar-refractivity contribution in [3.63, 3.8) is 0 Å². The second kappa shape index (κ2) is 5.82. The minimum Gasteiger partial charge on any atom is -0.371 e. The average molecular weight is 266 g/mol. The van der Waals surface area contributed by atoms with Crippen molar-refractivity contribution in [2.24, 2.45) is 0 Å². The summed E-state index contributed by atoms with van der Waals surface area (Å²) >= 11 is 5.73. The minimum atomic E-state index is -0.392. The van der Waals surface area contributed by atoms with Gasteiger partial charge in [-0.3, -0.25) is 0 Å². The van der Waals surface area contributed by atoms with Crippen LogP contribution in [0.25, 0.3) is 0 Å². The van der Waals surface area contributed by atoms with Crippen molar-refractivity contribution in [1.82, 2.24) is 5.32 Å². The van der Waals surface area contributed by atoms with Crippen molar-refractivity contribution >= 4 is 24.0 Å². The first-order valence-electron chi connectivity index (χ1n) is 4.98. The van der Waals surface area contributed by atoms with Crippen LogP contribution in [0.15, 0.2) is 18.2 Å². The first-order valence-corrected chi connectivity index (χ1v) is 5.36. The summed E-state index contributed by atoms with van der Waals surface area (Å²) < 4.78 is 18.6. The predicted molar refractivity (Wildman–Crippen MR) is 64.8 cm³/mol. The van der Waals surface area contributed by atoms with Crippen LogP contribution in [0.1, 0.15) is 18.6 Å². The molecule has 1 aromatic rings. The van der Waals surface area contributed by atoms with Crippen LogP contribution in [0.5, 0.6) is 0 Å². The van der Waals surface area contributed by atoms with Crippen LogP contribution >= 0.6 is 24.0 Å². The topological polar surface area (TPSA) is 21.3 Å². The van der Waals surface area contributed by atoms with Gasteiger partial charge in [0.15, 0.2) is 0 Å². The number of halogens is 3. The van der Waals surface area contributed by atoms with Gasteiger partial charge in [-0.25, -0.2) is 4.39 Å². The van der Waals surface area contributed by atoms with Crippen molar-refractivity contribution in [3.05, 3.63) is 34.6 Å². The SMILES string of the molecule is CC1NCCOC1c1ccc(F)c(Cl)c1.Cl. The molecule has 0 saturated carbocycles. The summed E-state index contributed by atoms with van der Waals surface area (Å²) in [6, 6.07) is 4.95. The van der Waals surface area contributed by atoms with Gasteiger partial charge in [-0.05, 0) is 24.6 Å². The molecule has 2 nitrogen and oxygen atoms in total. The Labute approximate surface area is 106 Å². The van der Waals surface area contributed by atoms with Crippen LogP contribution in [-0.2, 0) is 4.74 Å². The predicted octanol–water partition coefficient (Wildman–Crippen LogP) is 2.95. The van der Waals surface area contributed by atoms with Gasteiger partial charge >= 0.3 is 0 Å². The highest BCUT2D eigenvalue weighted by Gasteiger charge is 2.23. The van der Waals surface area contributed by atoms with E-state index in [9.17, 15) is 4.39 Å². The normalized spacial score (nSPS) is 24.9. The van der Waals surface area contributed by atoms with Crippen molar-refractivity contribution in [2.75, 3.05) is 13.2 Å². The van der Waals surface area contributed by atoms with E-state index in [2.05, 4.69) is 5.32 Å². The van der Waals surface area contributed by atoms with E-state index >= 15 is 0 Å². The van der Waals surface area contributed by atoms with Gasteiger partial charge in [0.05, 0.1) is 17.7 Å². The highest BCUT2D eigenvalue weighted by molar-refractivity contribution is 6.30. The zero-order valence-electron chi connectivity index (χ0n) is 8.87. The third-order valence-corrected chi connectivity index (χ3v) is 2.88. The number of nitrogens with one attached hydrogen (secondary N) is 1. The number of ether oxygens (including phenoxy) is 1. The van der Waals surface area contributed by atoms with Crippen LogP contribution in [0.4, 0.5) is 4.39 Å². The summed E-state index contributed by atoms with van der Waals surface area (Å²) in [5.41, 5.74) is 0.918. The van der Waals surface area contributed by atoms with E-state index in [1.54, 1.807) is 12.1 Å². The van der Waals surface area contributed by atoms with E-state index in [0.29, 0.717) is 6.61 Å². The lowest BCUT2D eigenvalue weighted by molar-refractivity contribution is -0.000252. The summed E-state index contributed by atoms with van der Waals surface area (Å²) in [6.07, 6.45) is -0.0446. The number of hydrogen-bond acceptors (Lipinski definition) is 2. The molecule has 2 atom stereocenters. The Bertz CT molecular complexity index is 362. The van der Waals surface area contributed by atoms with Crippen molar-refractivity contribution < 1.29 is 9.13 Å². The molecule has 1 aliphatic heterocycles. The van der Waals surface area contributed by atoms with Crippen LogP contribution in [0.3, 0.4) is 0 Å². The maximum atomic E-state index is 13.0. The van der Waals surface area contributed by atoms with Gasteiger partial charge in [-0.2, -0.15) is 0 Å². The molecule has 2 unspecified atom stereocenters. The van der Waals surface area contributed by atoms with Gasteiger partial charge < -0.3 is 10.1 Å². The Morgan fingerprint density at radius 3 is 2.88 bits per heavy atom. The average Bonchev–Trinajstić information content (AvgIpc) is 2.23. The third kappa shape index (κ3) is 2.86. The molecule has 1 saturated heterocycles. The molecular formula is C11H14Cl2FNO. The van der Waals surface area contributed by atoms with E-state index in [1.165, 1.54) is 6.07 Å². The first kappa shape index (κ1) is 13.7. The summed E-state index contributed by atoms with van der Waals surface area (Å²) in [7, 11) is 0. The molecule has 5 heteroatoms. The Morgan fingerprint density at radius 2 is 2.25 bits per heavy atom. The van der Waals surface area contributed by atoms with Crippen LogP contribution in [0, 0.1) is 5.82 Å². The standard InChI is InChI=1S/C11H13ClFNO.ClH/c1-7-11(15-5-4-14-7)8-2-3-10(13)9(12)6-8;/h2-3,6-7,11,14H,4-5H2,1H3;1H. The number of rotatable bonds is 1. The molecule has 1 aromatic carbocycles. The quantitative estimate of drug-likeness (QED) is 0.843. The van der Waals surface area contributed by atoms with E-state index in [0.717, 1.165) is 12.1 Å². The van der Waals surface area contributed by atoms with Crippen LogP contribution in [0.2, 0.25) is 5.02 Å². The van der Waals surface area contributed by atoms with Gasteiger partial charge in [0.2, 0.25) is 0 Å². The number of benzene rings is 1. The van der Waals surface area contributed by atoms with Gasteiger partial charge in [-0.1, -0.05) is 17.7 Å². The molecule has 1 heterocycles. The molecule has 0 spiro atoms. The maximum Gasteiger partial charge on any atom is 0.141 e. The van der Waals surface area contributed by atoms with Gasteiger partial charge in [0.1, 0.15) is 5.82 Å². The Hall–Kier alpha value is -0.350. The molecule has 0 aliphatic carbocycles. The second-order valence-electron chi connectivity index (χ2n) is 3.71. The molecule has 90 valence electrons. The lowest BCUT2D eigenvalue weighted by Gasteiger charge is -2.30. The molecular weight excluding hydrogens is 252 g/mol. The minimum absolute atomic E-state index is 0. The zero-order valence-corrected chi connectivity index (χ0v) is 10.4. The Morgan fingerprint density at radius 1 is 1.50 bits per heavy atom. The summed E-state index contributed by atoms with van der Waals surface area (Å²) in [5, 5.41) is 3.45. The fourth-order valence-electron chi connectivity index (χ4n) is 1.80. The first-order chi connectivity index (χ1) is 7.18. The van der Waals surface area contributed by atoms with E-state index in [-0.39, 0.29) is 29.6 Å².